The molecule has 0 radical (unpaired) electrons. The van der Waals surface area contributed by atoms with Gasteiger partial charge in [0, 0.05) is 25.0 Å². The van der Waals surface area contributed by atoms with Crippen molar-refractivity contribution >= 4 is 23.7 Å². The highest BCUT2D eigenvalue weighted by atomic mass is 32.2. The van der Waals surface area contributed by atoms with Gasteiger partial charge in [-0.05, 0) is 12.2 Å². The van der Waals surface area contributed by atoms with Crippen molar-refractivity contribution in [2.75, 3.05) is 30.4 Å². The van der Waals surface area contributed by atoms with E-state index < -0.39 is 0 Å². The molecule has 1 rings (SSSR count). The number of aromatic nitrogens is 2. The first-order chi connectivity index (χ1) is 7.76. The number of nitrogens with two attached hydrogens (primary N) is 2. The molecular weight excluding hydrogens is 224 g/mol. The van der Waals surface area contributed by atoms with Gasteiger partial charge in [-0.25, -0.2) is 4.98 Å². The molecule has 7 heteroatoms. The molecule has 0 unspecified atom stereocenters. The summed E-state index contributed by atoms with van der Waals surface area (Å²) in [6.45, 7) is 0.726. The van der Waals surface area contributed by atoms with E-state index in [0.29, 0.717) is 11.9 Å². The van der Waals surface area contributed by atoms with Gasteiger partial charge >= 0.3 is 0 Å². The number of hydrogen-bond acceptors (Lipinski definition) is 4. The van der Waals surface area contributed by atoms with Gasteiger partial charge in [-0.1, -0.05) is 0 Å². The van der Waals surface area contributed by atoms with Gasteiger partial charge in [0.2, 0.25) is 5.95 Å². The van der Waals surface area contributed by atoms with E-state index >= 15 is 0 Å². The average Bonchev–Trinajstić information content (AvgIpc) is 2.72. The Morgan fingerprint density at radius 3 is 3.12 bits per heavy atom. The van der Waals surface area contributed by atoms with E-state index in [9.17, 15) is 0 Å². The highest BCUT2D eigenvalue weighted by molar-refractivity contribution is 7.99. The third-order valence-electron chi connectivity index (χ3n) is 1.89. The van der Waals surface area contributed by atoms with Crippen molar-refractivity contribution in [2.24, 2.45) is 16.5 Å². The third-order valence-corrected chi connectivity index (χ3v) is 2.91. The fourth-order valence-electron chi connectivity index (χ4n) is 1.09. The second kappa shape index (κ2) is 7.13. The molecule has 0 aliphatic heterocycles. The van der Waals surface area contributed by atoms with Crippen molar-refractivity contribution in [1.29, 1.82) is 0 Å². The summed E-state index contributed by atoms with van der Waals surface area (Å²) in [5, 5.41) is 2.85. The van der Waals surface area contributed by atoms with Crippen LogP contribution in [0.15, 0.2) is 11.2 Å². The fraction of sp³-hybridized carbons (Fsp3) is 0.556. The summed E-state index contributed by atoms with van der Waals surface area (Å²) in [7, 11) is 1.62. The van der Waals surface area contributed by atoms with E-state index in [-0.39, 0.29) is 0 Å². The second-order valence-electron chi connectivity index (χ2n) is 3.14. The van der Waals surface area contributed by atoms with E-state index in [1.807, 2.05) is 11.8 Å². The molecule has 0 saturated carbocycles. The minimum Gasteiger partial charge on any atom is -0.370 e. The lowest BCUT2D eigenvalue weighted by molar-refractivity contribution is 1.07. The molecule has 0 amide bonds. The van der Waals surface area contributed by atoms with Gasteiger partial charge in [0.15, 0.2) is 5.96 Å². The maximum absolute atomic E-state index is 5.51. The minimum atomic E-state index is 0.346. The largest absolute Gasteiger partial charge is 0.370 e. The molecule has 16 heavy (non-hydrogen) atoms. The topological polar surface area (TPSA) is 105 Å². The van der Waals surface area contributed by atoms with Crippen LogP contribution < -0.4 is 16.8 Å². The van der Waals surface area contributed by atoms with Crippen LogP contribution in [0.2, 0.25) is 0 Å². The van der Waals surface area contributed by atoms with Crippen LogP contribution in [0.4, 0.5) is 5.95 Å². The summed E-state index contributed by atoms with van der Waals surface area (Å²) in [6.07, 6.45) is 2.75. The molecule has 90 valence electrons. The molecular formula is C9H18N6S. The normalized spacial score (nSPS) is 11.8. The van der Waals surface area contributed by atoms with Gasteiger partial charge in [0.05, 0.1) is 6.20 Å². The van der Waals surface area contributed by atoms with Gasteiger partial charge in [-0.15, -0.1) is 0 Å². The van der Waals surface area contributed by atoms with E-state index in [2.05, 4.69) is 20.3 Å². The standard InChI is InChI=1S/C9H18N6S/c1-12-8(11)15-9-13-6-7(14-9)2-4-16-5-3-10/h6H,2-5,10H2,1H3,(H4,11,12,13,14,15). The third kappa shape index (κ3) is 4.54. The molecule has 1 aromatic heterocycles. The first kappa shape index (κ1) is 12.9. The zero-order valence-corrected chi connectivity index (χ0v) is 10.2. The molecule has 0 spiro atoms. The molecule has 0 aliphatic rings. The quantitative estimate of drug-likeness (QED) is 0.319. The van der Waals surface area contributed by atoms with Crippen LogP contribution in [0.25, 0.3) is 0 Å². The number of nitrogens with zero attached hydrogens (tertiary/aromatic N) is 2. The van der Waals surface area contributed by atoms with Gasteiger partial charge in [-0.3, -0.25) is 10.3 Å². The van der Waals surface area contributed by atoms with Crippen LogP contribution >= 0.6 is 11.8 Å². The zero-order valence-electron chi connectivity index (χ0n) is 9.36. The minimum absolute atomic E-state index is 0.346. The van der Waals surface area contributed by atoms with E-state index in [4.69, 9.17) is 11.5 Å². The number of aromatic amines is 1. The van der Waals surface area contributed by atoms with Crippen LogP contribution in [0.1, 0.15) is 5.69 Å². The number of anilines is 1. The monoisotopic (exact) mass is 242 g/mol. The van der Waals surface area contributed by atoms with Crippen molar-refractivity contribution in [3.05, 3.63) is 11.9 Å². The SMILES string of the molecule is CN=C(N)Nc1ncc(CCSCCN)[nH]1. The number of thioether (sulfide) groups is 1. The van der Waals surface area contributed by atoms with Crippen LogP contribution in [0, 0.1) is 0 Å². The lowest BCUT2D eigenvalue weighted by Crippen LogP contribution is -2.22. The Hall–Kier alpha value is -1.21. The highest BCUT2D eigenvalue weighted by Gasteiger charge is 2.01. The van der Waals surface area contributed by atoms with Crippen LogP contribution in [0.3, 0.4) is 0 Å². The lowest BCUT2D eigenvalue weighted by atomic mass is 10.4. The molecule has 1 heterocycles. The summed E-state index contributed by atoms with van der Waals surface area (Å²) in [6, 6.07) is 0. The summed E-state index contributed by atoms with van der Waals surface area (Å²) in [5.74, 6) is 3.01. The van der Waals surface area contributed by atoms with E-state index in [1.165, 1.54) is 0 Å². The first-order valence-corrected chi connectivity index (χ1v) is 6.22. The highest BCUT2D eigenvalue weighted by Crippen LogP contribution is 2.06. The van der Waals surface area contributed by atoms with E-state index in [1.54, 1.807) is 13.2 Å². The average molecular weight is 242 g/mol. The lowest BCUT2D eigenvalue weighted by Gasteiger charge is -2.00. The number of nitrogens with one attached hydrogen (secondary N) is 2. The summed E-state index contributed by atoms with van der Waals surface area (Å²) in [4.78, 5) is 11.1. The molecule has 1 aromatic rings. The molecule has 6 N–H and O–H groups in total. The fourth-order valence-corrected chi connectivity index (χ4v) is 1.83. The van der Waals surface area contributed by atoms with Gasteiger partial charge < -0.3 is 16.5 Å². The van der Waals surface area contributed by atoms with Crippen molar-refractivity contribution in [3.8, 4) is 0 Å². The molecule has 0 saturated heterocycles. The van der Waals surface area contributed by atoms with Crippen molar-refractivity contribution in [1.82, 2.24) is 9.97 Å². The van der Waals surface area contributed by atoms with Crippen LogP contribution in [-0.4, -0.2) is 41.0 Å². The predicted octanol–water partition coefficient (Wildman–Crippen LogP) is 0.000500. The number of H-pyrrole nitrogens is 1. The van der Waals surface area contributed by atoms with Crippen molar-refractivity contribution in [2.45, 2.75) is 6.42 Å². The molecule has 6 nitrogen and oxygen atoms in total. The zero-order chi connectivity index (χ0) is 11.8. The summed E-state index contributed by atoms with van der Waals surface area (Å²) >= 11 is 1.83. The van der Waals surface area contributed by atoms with Crippen LogP contribution in [0.5, 0.6) is 0 Å². The maximum atomic E-state index is 5.51. The Morgan fingerprint density at radius 1 is 1.62 bits per heavy atom. The predicted molar refractivity (Wildman–Crippen MR) is 69.8 cm³/mol. The number of rotatable bonds is 6. The van der Waals surface area contributed by atoms with Crippen molar-refractivity contribution in [3.63, 3.8) is 0 Å². The number of aryl methyl sites for hydroxylation is 1. The smallest absolute Gasteiger partial charge is 0.207 e. The summed E-state index contributed by atoms with van der Waals surface area (Å²) < 4.78 is 0. The van der Waals surface area contributed by atoms with E-state index in [0.717, 1.165) is 30.2 Å². The number of guanidine groups is 1. The van der Waals surface area contributed by atoms with Gasteiger partial charge in [0.25, 0.3) is 0 Å². The molecule has 0 aromatic carbocycles. The Balaban J connectivity index is 2.33. The van der Waals surface area contributed by atoms with Gasteiger partial charge in [-0.2, -0.15) is 11.8 Å². The Bertz CT molecular complexity index is 334. The number of imidazole rings is 1. The molecule has 0 bridgehead atoms. The Labute approximate surface area is 99.3 Å². The van der Waals surface area contributed by atoms with Crippen LogP contribution in [-0.2, 0) is 6.42 Å². The summed E-state index contributed by atoms with van der Waals surface area (Å²) in [5.41, 5.74) is 12.0. The van der Waals surface area contributed by atoms with Gasteiger partial charge in [0.1, 0.15) is 0 Å². The van der Waals surface area contributed by atoms with Crippen molar-refractivity contribution < 1.29 is 0 Å². The first-order valence-electron chi connectivity index (χ1n) is 5.07. The Kier molecular flexibility index (Phi) is 5.73. The molecule has 0 atom stereocenters. The molecule has 0 aliphatic carbocycles. The maximum Gasteiger partial charge on any atom is 0.207 e. The number of hydrogen-bond donors (Lipinski definition) is 4. The Morgan fingerprint density at radius 2 is 2.44 bits per heavy atom. The molecule has 0 fully saturated rings. The number of aliphatic imine (C=N–C) groups is 1. The second-order valence-corrected chi connectivity index (χ2v) is 4.37.